The van der Waals surface area contributed by atoms with Gasteiger partial charge in [-0.25, -0.2) is 13.7 Å². The van der Waals surface area contributed by atoms with Crippen LogP contribution in [0.25, 0.3) is 5.57 Å². The molecule has 2 aromatic carbocycles. The Hall–Kier alpha value is -3.02. The summed E-state index contributed by atoms with van der Waals surface area (Å²) in [5, 5.41) is 0. The van der Waals surface area contributed by atoms with Gasteiger partial charge < -0.3 is 4.90 Å². The maximum absolute atomic E-state index is 13.9. The molecular weight excluding hydrogens is 386 g/mol. The number of likely N-dealkylation sites (tertiary alicyclic amines) is 1. The first-order chi connectivity index (χ1) is 14.3. The largest absolute Gasteiger partial charge is 0.366 e. The lowest BCUT2D eigenvalue weighted by atomic mass is 9.96. The van der Waals surface area contributed by atoms with Crippen molar-refractivity contribution in [1.82, 2.24) is 4.90 Å². The number of aryl methyl sites for hydroxylation is 2. The number of hydrogen-bond acceptors (Lipinski definition) is 3. The van der Waals surface area contributed by atoms with Crippen molar-refractivity contribution in [3.8, 4) is 0 Å². The molecule has 1 atom stereocenters. The zero-order valence-corrected chi connectivity index (χ0v) is 17.3. The molecule has 0 aromatic heterocycles. The fourth-order valence-corrected chi connectivity index (χ4v) is 4.22. The molecule has 1 saturated heterocycles. The molecule has 0 radical (unpaired) electrons. The second kappa shape index (κ2) is 7.67. The Kier molecular flexibility index (Phi) is 5.18. The van der Waals surface area contributed by atoms with E-state index >= 15 is 0 Å². The maximum atomic E-state index is 13.9. The molecule has 2 aliphatic heterocycles. The van der Waals surface area contributed by atoms with Gasteiger partial charge in [0.05, 0.1) is 11.3 Å². The number of amides is 2. The van der Waals surface area contributed by atoms with Gasteiger partial charge in [-0.2, -0.15) is 0 Å². The van der Waals surface area contributed by atoms with Crippen LogP contribution in [-0.2, 0) is 9.59 Å². The summed E-state index contributed by atoms with van der Waals surface area (Å²) >= 11 is 0. The van der Waals surface area contributed by atoms with Gasteiger partial charge in [0, 0.05) is 19.2 Å². The second-order valence-corrected chi connectivity index (χ2v) is 8.26. The van der Waals surface area contributed by atoms with E-state index < -0.39 is 23.4 Å². The Morgan fingerprint density at radius 3 is 2.37 bits per heavy atom. The predicted octanol–water partition coefficient (Wildman–Crippen LogP) is 4.60. The molecule has 2 heterocycles. The lowest BCUT2D eigenvalue weighted by Gasteiger charge is -2.33. The third-order valence-electron chi connectivity index (χ3n) is 5.99. The predicted molar refractivity (Wildman–Crippen MR) is 112 cm³/mol. The molecule has 4 rings (SSSR count). The van der Waals surface area contributed by atoms with Crippen LogP contribution in [0, 0.1) is 31.4 Å². The lowest BCUT2D eigenvalue weighted by Crippen LogP contribution is -2.39. The van der Waals surface area contributed by atoms with Crippen LogP contribution in [0.4, 0.5) is 14.5 Å². The van der Waals surface area contributed by atoms with Gasteiger partial charge in [-0.05, 0) is 61.4 Å². The average molecular weight is 410 g/mol. The third kappa shape index (κ3) is 3.40. The number of hydrogen-bond donors (Lipinski definition) is 0. The SMILES string of the molecule is Cc1ccc(C2=C(N3CCCC(C)C3)C(=O)N(c3ccc(F)c(F)c3)C2=O)cc1C. The van der Waals surface area contributed by atoms with Crippen molar-refractivity contribution in [2.24, 2.45) is 5.92 Å². The van der Waals surface area contributed by atoms with E-state index in [1.54, 1.807) is 0 Å². The Balaban J connectivity index is 1.85. The van der Waals surface area contributed by atoms with Crippen molar-refractivity contribution >= 4 is 23.1 Å². The number of anilines is 1. The Labute approximate surface area is 174 Å². The van der Waals surface area contributed by atoms with Gasteiger partial charge in [-0.3, -0.25) is 9.59 Å². The minimum atomic E-state index is -1.10. The molecule has 4 nitrogen and oxygen atoms in total. The summed E-state index contributed by atoms with van der Waals surface area (Å²) in [5.74, 6) is -2.73. The highest BCUT2D eigenvalue weighted by Crippen LogP contribution is 2.37. The van der Waals surface area contributed by atoms with Crippen LogP contribution >= 0.6 is 0 Å². The van der Waals surface area contributed by atoms with Crippen molar-refractivity contribution in [2.45, 2.75) is 33.6 Å². The van der Waals surface area contributed by atoms with Crippen LogP contribution in [0.1, 0.15) is 36.5 Å². The number of piperidine rings is 1. The standard InChI is InChI=1S/C24H24F2N2O2/c1-14-5-4-10-27(13-14)22-21(17-7-6-15(2)16(3)11-17)23(29)28(24(22)30)18-8-9-19(25)20(26)12-18/h6-9,11-12,14H,4-5,10,13H2,1-3H3. The molecule has 0 aliphatic carbocycles. The number of benzene rings is 2. The zero-order chi connectivity index (χ0) is 21.6. The number of rotatable bonds is 3. The normalized spacial score (nSPS) is 19.8. The van der Waals surface area contributed by atoms with Crippen LogP contribution < -0.4 is 4.90 Å². The van der Waals surface area contributed by atoms with E-state index in [4.69, 9.17) is 0 Å². The Bertz CT molecular complexity index is 1080. The highest BCUT2D eigenvalue weighted by molar-refractivity contribution is 6.45. The summed E-state index contributed by atoms with van der Waals surface area (Å²) in [4.78, 5) is 29.8. The number of carbonyl (C=O) groups excluding carboxylic acids is 2. The minimum Gasteiger partial charge on any atom is -0.366 e. The highest BCUT2D eigenvalue weighted by atomic mass is 19.2. The summed E-state index contributed by atoms with van der Waals surface area (Å²) in [6.07, 6.45) is 2.00. The lowest BCUT2D eigenvalue weighted by molar-refractivity contribution is -0.120. The fraction of sp³-hybridized carbons (Fsp3) is 0.333. The van der Waals surface area contributed by atoms with Crippen LogP contribution in [0.3, 0.4) is 0 Å². The molecule has 0 saturated carbocycles. The second-order valence-electron chi connectivity index (χ2n) is 8.26. The van der Waals surface area contributed by atoms with Gasteiger partial charge in [0.1, 0.15) is 5.70 Å². The zero-order valence-electron chi connectivity index (χ0n) is 17.3. The summed E-state index contributed by atoms with van der Waals surface area (Å²) in [5.41, 5.74) is 3.46. The molecule has 30 heavy (non-hydrogen) atoms. The van der Waals surface area contributed by atoms with Crippen LogP contribution in [0.5, 0.6) is 0 Å². The van der Waals surface area contributed by atoms with Crippen molar-refractivity contribution in [1.29, 1.82) is 0 Å². The van der Waals surface area contributed by atoms with Crippen molar-refractivity contribution < 1.29 is 18.4 Å². The van der Waals surface area contributed by atoms with Crippen LogP contribution in [-0.4, -0.2) is 29.8 Å². The summed E-state index contributed by atoms with van der Waals surface area (Å²) in [6, 6.07) is 8.75. The first-order valence-electron chi connectivity index (χ1n) is 10.2. The first-order valence-corrected chi connectivity index (χ1v) is 10.2. The Morgan fingerprint density at radius 1 is 0.933 bits per heavy atom. The maximum Gasteiger partial charge on any atom is 0.282 e. The number of imide groups is 1. The van der Waals surface area contributed by atoms with Crippen LogP contribution in [0.15, 0.2) is 42.1 Å². The Morgan fingerprint density at radius 2 is 1.70 bits per heavy atom. The molecule has 0 N–H and O–H groups in total. The van der Waals surface area contributed by atoms with E-state index in [1.165, 1.54) is 6.07 Å². The van der Waals surface area contributed by atoms with Gasteiger partial charge in [0.2, 0.25) is 0 Å². The van der Waals surface area contributed by atoms with Crippen molar-refractivity contribution in [2.75, 3.05) is 18.0 Å². The number of halogens is 2. The topological polar surface area (TPSA) is 40.6 Å². The number of nitrogens with zero attached hydrogens (tertiary/aromatic N) is 2. The molecule has 2 aliphatic rings. The molecule has 0 spiro atoms. The molecule has 6 heteroatoms. The van der Waals surface area contributed by atoms with Gasteiger partial charge in [-0.15, -0.1) is 0 Å². The van der Waals surface area contributed by atoms with Crippen molar-refractivity contribution in [3.05, 3.63) is 70.4 Å². The summed E-state index contributed by atoms with van der Waals surface area (Å²) in [7, 11) is 0. The number of carbonyl (C=O) groups is 2. The van der Waals surface area contributed by atoms with Gasteiger partial charge in [-0.1, -0.05) is 25.1 Å². The molecule has 156 valence electrons. The molecule has 2 aromatic rings. The molecule has 0 bridgehead atoms. The van der Waals surface area contributed by atoms with Gasteiger partial charge >= 0.3 is 0 Å². The highest BCUT2D eigenvalue weighted by Gasteiger charge is 2.43. The van der Waals surface area contributed by atoms with Gasteiger partial charge in [0.15, 0.2) is 11.6 Å². The molecular formula is C24H24F2N2O2. The summed E-state index contributed by atoms with van der Waals surface area (Å²) < 4.78 is 27.3. The molecule has 1 unspecified atom stereocenters. The molecule has 2 amide bonds. The van der Waals surface area contributed by atoms with Crippen molar-refractivity contribution in [3.63, 3.8) is 0 Å². The smallest absolute Gasteiger partial charge is 0.282 e. The van der Waals surface area contributed by atoms with E-state index in [1.807, 2.05) is 36.9 Å². The fourth-order valence-electron chi connectivity index (χ4n) is 4.22. The van der Waals surface area contributed by atoms with E-state index in [9.17, 15) is 18.4 Å². The first kappa shape index (κ1) is 20.3. The van der Waals surface area contributed by atoms with Gasteiger partial charge in [0.25, 0.3) is 11.8 Å². The third-order valence-corrected chi connectivity index (χ3v) is 5.99. The van der Waals surface area contributed by atoms with Crippen LogP contribution in [0.2, 0.25) is 0 Å². The van der Waals surface area contributed by atoms with E-state index in [0.717, 1.165) is 41.0 Å². The minimum absolute atomic E-state index is 0.0327. The molecule has 1 fully saturated rings. The average Bonchev–Trinajstić information content (AvgIpc) is 2.96. The summed E-state index contributed by atoms with van der Waals surface area (Å²) in [6.45, 7) is 7.41. The quantitative estimate of drug-likeness (QED) is 0.695. The van der Waals surface area contributed by atoms with E-state index in [-0.39, 0.29) is 5.69 Å². The monoisotopic (exact) mass is 410 g/mol. The van der Waals surface area contributed by atoms with E-state index in [0.29, 0.717) is 35.8 Å². The van der Waals surface area contributed by atoms with E-state index in [2.05, 4.69) is 6.92 Å².